The van der Waals surface area contributed by atoms with Crippen molar-refractivity contribution >= 4 is 16.7 Å². The quantitative estimate of drug-likeness (QED) is 0.844. The van der Waals surface area contributed by atoms with Gasteiger partial charge in [0.05, 0.1) is 5.52 Å². The SMILES string of the molecule is CCC(C)c1nc(N)c2cc(F)ccc2n1. The summed E-state index contributed by atoms with van der Waals surface area (Å²) in [6, 6.07) is 4.38. The lowest BCUT2D eigenvalue weighted by Gasteiger charge is -2.09. The fraction of sp³-hybridized carbons (Fsp3) is 0.333. The Hall–Kier alpha value is -1.71. The maximum atomic E-state index is 13.0. The molecule has 4 heteroatoms. The fourth-order valence-corrected chi connectivity index (χ4v) is 1.55. The highest BCUT2D eigenvalue weighted by Gasteiger charge is 2.10. The van der Waals surface area contributed by atoms with Crippen LogP contribution in [0.25, 0.3) is 10.9 Å². The second-order valence-corrected chi connectivity index (χ2v) is 3.94. The normalized spacial score (nSPS) is 12.9. The van der Waals surface area contributed by atoms with Crippen molar-refractivity contribution in [2.45, 2.75) is 26.2 Å². The molecule has 0 radical (unpaired) electrons. The third-order valence-electron chi connectivity index (χ3n) is 2.76. The van der Waals surface area contributed by atoms with Crippen LogP contribution in [0.3, 0.4) is 0 Å². The second kappa shape index (κ2) is 4.04. The van der Waals surface area contributed by atoms with Gasteiger partial charge in [-0.05, 0) is 24.6 Å². The van der Waals surface area contributed by atoms with Gasteiger partial charge in [0, 0.05) is 11.3 Å². The third-order valence-corrected chi connectivity index (χ3v) is 2.76. The first kappa shape index (κ1) is 10.8. The van der Waals surface area contributed by atoms with Gasteiger partial charge in [0.15, 0.2) is 0 Å². The van der Waals surface area contributed by atoms with Gasteiger partial charge in [-0.3, -0.25) is 0 Å². The number of benzene rings is 1. The summed E-state index contributed by atoms with van der Waals surface area (Å²) in [5.74, 6) is 1.01. The number of aromatic nitrogens is 2. The number of fused-ring (bicyclic) bond motifs is 1. The topological polar surface area (TPSA) is 51.8 Å². The van der Waals surface area contributed by atoms with Crippen LogP contribution in [0, 0.1) is 5.82 Å². The molecule has 3 nitrogen and oxygen atoms in total. The highest BCUT2D eigenvalue weighted by atomic mass is 19.1. The van der Waals surface area contributed by atoms with Crippen LogP contribution in [-0.4, -0.2) is 9.97 Å². The van der Waals surface area contributed by atoms with Gasteiger partial charge < -0.3 is 5.73 Å². The summed E-state index contributed by atoms with van der Waals surface area (Å²) in [6.07, 6.45) is 0.951. The lowest BCUT2D eigenvalue weighted by atomic mass is 10.1. The molecule has 84 valence electrons. The zero-order valence-corrected chi connectivity index (χ0v) is 9.37. The number of anilines is 1. The Kier molecular flexibility index (Phi) is 2.73. The van der Waals surface area contributed by atoms with E-state index in [1.165, 1.54) is 12.1 Å². The van der Waals surface area contributed by atoms with Crippen LogP contribution in [0.1, 0.15) is 32.0 Å². The predicted octanol–water partition coefficient (Wildman–Crippen LogP) is 2.86. The lowest BCUT2D eigenvalue weighted by molar-refractivity contribution is 0.629. The molecule has 16 heavy (non-hydrogen) atoms. The summed E-state index contributed by atoms with van der Waals surface area (Å²) >= 11 is 0. The van der Waals surface area contributed by atoms with E-state index < -0.39 is 0 Å². The monoisotopic (exact) mass is 219 g/mol. The summed E-state index contributed by atoms with van der Waals surface area (Å²) in [4.78, 5) is 8.60. The van der Waals surface area contributed by atoms with Crippen LogP contribution < -0.4 is 5.73 Å². The van der Waals surface area contributed by atoms with Gasteiger partial charge in [-0.15, -0.1) is 0 Å². The molecule has 1 aromatic carbocycles. The van der Waals surface area contributed by atoms with Crippen molar-refractivity contribution < 1.29 is 4.39 Å². The van der Waals surface area contributed by atoms with Crippen molar-refractivity contribution in [3.05, 3.63) is 29.8 Å². The number of nitrogens with zero attached hydrogens (tertiary/aromatic N) is 2. The van der Waals surface area contributed by atoms with Gasteiger partial charge in [-0.25, -0.2) is 14.4 Å². The number of nitrogens with two attached hydrogens (primary N) is 1. The molecular formula is C12H14FN3. The van der Waals surface area contributed by atoms with Crippen molar-refractivity contribution in [2.24, 2.45) is 0 Å². The summed E-state index contributed by atoms with van der Waals surface area (Å²) in [5.41, 5.74) is 6.50. The molecule has 0 aliphatic carbocycles. The molecule has 1 unspecified atom stereocenters. The summed E-state index contributed by atoms with van der Waals surface area (Å²) in [5, 5.41) is 0.576. The van der Waals surface area contributed by atoms with Crippen molar-refractivity contribution in [1.29, 1.82) is 0 Å². The molecule has 0 saturated heterocycles. The molecule has 0 bridgehead atoms. The Morgan fingerprint density at radius 3 is 2.81 bits per heavy atom. The molecular weight excluding hydrogens is 205 g/mol. The molecule has 1 atom stereocenters. The maximum absolute atomic E-state index is 13.0. The molecule has 0 fully saturated rings. The molecule has 0 spiro atoms. The number of hydrogen-bond donors (Lipinski definition) is 1. The van der Waals surface area contributed by atoms with E-state index in [0.29, 0.717) is 16.7 Å². The van der Waals surface area contributed by atoms with Crippen molar-refractivity contribution in [1.82, 2.24) is 9.97 Å². The molecule has 2 rings (SSSR count). The molecule has 2 aromatic rings. The van der Waals surface area contributed by atoms with E-state index in [2.05, 4.69) is 16.9 Å². The van der Waals surface area contributed by atoms with Crippen LogP contribution in [0.5, 0.6) is 0 Å². The van der Waals surface area contributed by atoms with Gasteiger partial charge in [-0.1, -0.05) is 13.8 Å². The van der Waals surface area contributed by atoms with Crippen LogP contribution in [0.2, 0.25) is 0 Å². The van der Waals surface area contributed by atoms with Gasteiger partial charge in [0.1, 0.15) is 17.5 Å². The highest BCUT2D eigenvalue weighted by molar-refractivity contribution is 5.87. The highest BCUT2D eigenvalue weighted by Crippen LogP contribution is 2.23. The molecule has 1 aromatic heterocycles. The van der Waals surface area contributed by atoms with E-state index in [9.17, 15) is 4.39 Å². The molecule has 0 amide bonds. The van der Waals surface area contributed by atoms with Gasteiger partial charge in [0.25, 0.3) is 0 Å². The van der Waals surface area contributed by atoms with Gasteiger partial charge in [-0.2, -0.15) is 0 Å². The van der Waals surface area contributed by atoms with Crippen molar-refractivity contribution in [3.8, 4) is 0 Å². The predicted molar refractivity (Wildman–Crippen MR) is 62.6 cm³/mol. The first-order valence-electron chi connectivity index (χ1n) is 5.34. The summed E-state index contributed by atoms with van der Waals surface area (Å²) in [6.45, 7) is 4.11. The minimum absolute atomic E-state index is 0.261. The van der Waals surface area contributed by atoms with E-state index in [-0.39, 0.29) is 11.7 Å². The smallest absolute Gasteiger partial charge is 0.135 e. The van der Waals surface area contributed by atoms with E-state index in [4.69, 9.17) is 5.73 Å². The van der Waals surface area contributed by atoms with Gasteiger partial charge in [0.2, 0.25) is 0 Å². The Labute approximate surface area is 93.5 Å². The Balaban J connectivity index is 2.63. The summed E-state index contributed by atoms with van der Waals surface area (Å²) < 4.78 is 13.0. The number of halogens is 1. The third kappa shape index (κ3) is 1.83. The first-order valence-corrected chi connectivity index (χ1v) is 5.34. The Morgan fingerprint density at radius 1 is 1.38 bits per heavy atom. The largest absolute Gasteiger partial charge is 0.383 e. The number of hydrogen-bond acceptors (Lipinski definition) is 3. The summed E-state index contributed by atoms with van der Waals surface area (Å²) in [7, 11) is 0. The molecule has 0 aliphatic rings. The molecule has 0 aliphatic heterocycles. The Morgan fingerprint density at radius 2 is 2.12 bits per heavy atom. The molecule has 2 N–H and O–H groups in total. The van der Waals surface area contributed by atoms with Crippen LogP contribution >= 0.6 is 0 Å². The van der Waals surface area contributed by atoms with E-state index in [1.807, 2.05) is 6.92 Å². The minimum Gasteiger partial charge on any atom is -0.383 e. The maximum Gasteiger partial charge on any atom is 0.135 e. The zero-order valence-electron chi connectivity index (χ0n) is 9.37. The second-order valence-electron chi connectivity index (χ2n) is 3.94. The van der Waals surface area contributed by atoms with Crippen LogP contribution in [0.15, 0.2) is 18.2 Å². The first-order chi connectivity index (χ1) is 7.61. The van der Waals surface area contributed by atoms with E-state index in [0.717, 1.165) is 12.2 Å². The minimum atomic E-state index is -0.320. The average Bonchev–Trinajstić information content (AvgIpc) is 2.28. The van der Waals surface area contributed by atoms with E-state index >= 15 is 0 Å². The van der Waals surface area contributed by atoms with Crippen LogP contribution in [-0.2, 0) is 0 Å². The zero-order chi connectivity index (χ0) is 11.7. The van der Waals surface area contributed by atoms with E-state index in [1.54, 1.807) is 6.07 Å². The average molecular weight is 219 g/mol. The van der Waals surface area contributed by atoms with Crippen LogP contribution in [0.4, 0.5) is 10.2 Å². The van der Waals surface area contributed by atoms with Crippen molar-refractivity contribution in [2.75, 3.05) is 5.73 Å². The Bertz CT molecular complexity index is 525. The number of rotatable bonds is 2. The standard InChI is InChI=1S/C12H14FN3/c1-3-7(2)12-15-10-5-4-8(13)6-9(10)11(14)16-12/h4-7H,3H2,1-2H3,(H2,14,15,16). The van der Waals surface area contributed by atoms with Crippen molar-refractivity contribution in [3.63, 3.8) is 0 Å². The molecule has 1 heterocycles. The lowest BCUT2D eigenvalue weighted by Crippen LogP contribution is -2.04. The van der Waals surface area contributed by atoms with Gasteiger partial charge >= 0.3 is 0 Å². The number of nitrogen functional groups attached to an aromatic ring is 1. The fourth-order valence-electron chi connectivity index (χ4n) is 1.55. The molecule has 0 saturated carbocycles.